The van der Waals surface area contributed by atoms with Gasteiger partial charge in [-0.05, 0) is 59.8 Å². The molecule has 174 valence electrons. The summed E-state index contributed by atoms with van der Waals surface area (Å²) in [5.74, 6) is 0.503. The minimum absolute atomic E-state index is 0.173. The van der Waals surface area contributed by atoms with E-state index in [-0.39, 0.29) is 12.5 Å². The summed E-state index contributed by atoms with van der Waals surface area (Å²) < 4.78 is 11.4. The number of benzene rings is 3. The van der Waals surface area contributed by atoms with Crippen molar-refractivity contribution >= 4 is 81.0 Å². The van der Waals surface area contributed by atoms with Crippen LogP contribution in [0.15, 0.2) is 64.5 Å². The Morgan fingerprint density at radius 1 is 1.00 bits per heavy atom. The molecule has 0 radical (unpaired) electrons. The lowest BCUT2D eigenvalue weighted by Crippen LogP contribution is -2.19. The highest BCUT2D eigenvalue weighted by Crippen LogP contribution is 2.39. The second kappa shape index (κ2) is 10.9. The van der Waals surface area contributed by atoms with Crippen molar-refractivity contribution in [3.8, 4) is 11.5 Å². The number of carbonyl (C=O) groups is 1. The van der Waals surface area contributed by atoms with Crippen molar-refractivity contribution in [2.75, 3.05) is 7.11 Å². The molecule has 1 heterocycles. The van der Waals surface area contributed by atoms with E-state index in [2.05, 4.69) is 10.3 Å². The molecule has 5 nitrogen and oxygen atoms in total. The second-order valence-electron chi connectivity index (χ2n) is 6.99. The van der Waals surface area contributed by atoms with Crippen LogP contribution in [0.2, 0.25) is 20.1 Å². The molecule has 1 N–H and O–H groups in total. The number of hydrogen-bond acceptors (Lipinski definition) is 5. The van der Waals surface area contributed by atoms with Crippen molar-refractivity contribution in [2.24, 2.45) is 4.99 Å². The molecule has 3 aromatic rings. The monoisotopic (exact) mass is 552 g/mol. The Morgan fingerprint density at radius 2 is 1.79 bits per heavy atom. The Balaban J connectivity index is 1.55. The van der Waals surface area contributed by atoms with Gasteiger partial charge in [0.15, 0.2) is 16.7 Å². The van der Waals surface area contributed by atoms with E-state index in [9.17, 15) is 4.79 Å². The first-order valence-corrected chi connectivity index (χ1v) is 12.2. The Bertz CT molecular complexity index is 1330. The number of nitrogens with zero attached hydrogens (tertiary/aromatic N) is 1. The van der Waals surface area contributed by atoms with Crippen LogP contribution in [-0.4, -0.2) is 18.2 Å². The van der Waals surface area contributed by atoms with Gasteiger partial charge < -0.3 is 14.8 Å². The number of amides is 1. The minimum Gasteiger partial charge on any atom is -0.493 e. The Hall–Kier alpha value is -2.35. The number of ether oxygens (including phenoxy) is 2. The first-order valence-electron chi connectivity index (χ1n) is 9.82. The molecule has 0 saturated carbocycles. The number of halogens is 4. The smallest absolute Gasteiger partial charge is 0.264 e. The summed E-state index contributed by atoms with van der Waals surface area (Å²) in [6.45, 7) is 0.173. The SMILES string of the molecule is COc1cc(/C=C2\SC(=Nc3ccccc3Cl)NC2=O)cc(Cl)c1OCc1ccc(Cl)cc1Cl. The van der Waals surface area contributed by atoms with E-state index < -0.39 is 0 Å². The number of carbonyl (C=O) groups excluding carboxylic acids is 1. The fraction of sp³-hybridized carbons (Fsp3) is 0.0833. The zero-order valence-electron chi connectivity index (χ0n) is 17.6. The van der Waals surface area contributed by atoms with Crippen molar-refractivity contribution in [1.82, 2.24) is 5.32 Å². The molecule has 1 aliphatic heterocycles. The molecule has 0 unspecified atom stereocenters. The molecule has 4 rings (SSSR count). The number of amidine groups is 1. The van der Waals surface area contributed by atoms with Crippen LogP contribution in [0.1, 0.15) is 11.1 Å². The molecule has 10 heteroatoms. The lowest BCUT2D eigenvalue weighted by molar-refractivity contribution is -0.115. The van der Waals surface area contributed by atoms with Crippen LogP contribution in [0.4, 0.5) is 5.69 Å². The van der Waals surface area contributed by atoms with Gasteiger partial charge in [0.05, 0.1) is 27.7 Å². The standard InChI is InChI=1S/C24H16Cl4N2O3S/c1-32-20-9-13(8-18(28)22(20)33-12-14-6-7-15(25)11-17(14)27)10-21-23(31)30-24(34-21)29-19-5-3-2-4-16(19)26/h2-11H,12H2,1H3,(H,29,30,31)/b21-10-. The second-order valence-corrected chi connectivity index (χ2v) is 9.68. The number of rotatable bonds is 6. The maximum atomic E-state index is 12.5. The molecule has 0 spiro atoms. The summed E-state index contributed by atoms with van der Waals surface area (Å²) in [6.07, 6.45) is 1.70. The predicted octanol–water partition coefficient (Wildman–Crippen LogP) is 7.78. The van der Waals surface area contributed by atoms with Crippen LogP contribution >= 0.6 is 58.2 Å². The van der Waals surface area contributed by atoms with E-state index in [1.54, 1.807) is 48.5 Å². The maximum Gasteiger partial charge on any atom is 0.264 e. The first kappa shape index (κ1) is 24.8. The minimum atomic E-state index is -0.274. The van der Waals surface area contributed by atoms with E-state index in [4.69, 9.17) is 55.9 Å². The van der Waals surface area contributed by atoms with Crippen LogP contribution in [0.3, 0.4) is 0 Å². The Labute approximate surface area is 220 Å². The highest BCUT2D eigenvalue weighted by molar-refractivity contribution is 8.18. The van der Waals surface area contributed by atoms with E-state index in [0.717, 1.165) is 5.56 Å². The van der Waals surface area contributed by atoms with E-state index in [1.165, 1.54) is 18.9 Å². The molecular weight excluding hydrogens is 538 g/mol. The van der Waals surface area contributed by atoms with Crippen LogP contribution in [0.25, 0.3) is 6.08 Å². The summed E-state index contributed by atoms with van der Waals surface area (Å²) in [6, 6.07) is 15.7. The zero-order valence-corrected chi connectivity index (χ0v) is 21.4. The first-order chi connectivity index (χ1) is 16.3. The number of nitrogens with one attached hydrogen (secondary N) is 1. The quantitative estimate of drug-likeness (QED) is 0.316. The predicted molar refractivity (Wildman–Crippen MR) is 141 cm³/mol. The normalized spacial score (nSPS) is 15.6. The van der Waals surface area contributed by atoms with Gasteiger partial charge in [-0.25, -0.2) is 4.99 Å². The Morgan fingerprint density at radius 3 is 2.53 bits per heavy atom. The number of para-hydroxylation sites is 1. The highest BCUT2D eigenvalue weighted by Gasteiger charge is 2.24. The summed E-state index contributed by atoms with van der Waals surface area (Å²) in [7, 11) is 1.51. The van der Waals surface area contributed by atoms with Gasteiger partial charge in [0.2, 0.25) is 0 Å². The third kappa shape index (κ3) is 5.82. The molecule has 0 bridgehead atoms. The molecule has 3 aromatic carbocycles. The fourth-order valence-corrected chi connectivity index (χ4v) is 4.79. The van der Waals surface area contributed by atoms with Crippen molar-refractivity contribution < 1.29 is 14.3 Å². The van der Waals surface area contributed by atoms with Crippen molar-refractivity contribution in [3.63, 3.8) is 0 Å². The van der Waals surface area contributed by atoms with Crippen LogP contribution in [-0.2, 0) is 11.4 Å². The van der Waals surface area contributed by atoms with Gasteiger partial charge in [0.1, 0.15) is 6.61 Å². The largest absolute Gasteiger partial charge is 0.493 e. The van der Waals surface area contributed by atoms with Gasteiger partial charge in [0, 0.05) is 15.6 Å². The molecular formula is C24H16Cl4N2O3S. The van der Waals surface area contributed by atoms with E-state index in [1.807, 2.05) is 12.1 Å². The molecule has 1 fully saturated rings. The molecule has 0 atom stereocenters. The molecule has 1 amide bonds. The maximum absolute atomic E-state index is 12.5. The third-order valence-corrected chi connectivity index (χ3v) is 6.76. The van der Waals surface area contributed by atoms with Gasteiger partial charge in [0.25, 0.3) is 5.91 Å². The van der Waals surface area contributed by atoms with Crippen molar-refractivity contribution in [3.05, 3.63) is 90.7 Å². The van der Waals surface area contributed by atoms with E-state index >= 15 is 0 Å². The average Bonchev–Trinajstić information content (AvgIpc) is 3.14. The fourth-order valence-electron chi connectivity index (χ4n) is 3.04. The Kier molecular flexibility index (Phi) is 7.96. The van der Waals surface area contributed by atoms with Crippen LogP contribution in [0.5, 0.6) is 11.5 Å². The molecule has 0 aliphatic carbocycles. The molecule has 0 aromatic heterocycles. The van der Waals surface area contributed by atoms with Gasteiger partial charge in [-0.2, -0.15) is 0 Å². The number of hydrogen-bond donors (Lipinski definition) is 1. The summed E-state index contributed by atoms with van der Waals surface area (Å²) >= 11 is 26.0. The van der Waals surface area contributed by atoms with Gasteiger partial charge in [-0.3, -0.25) is 4.79 Å². The molecule has 1 aliphatic rings. The number of methoxy groups -OCH3 is 1. The number of aliphatic imine (C=N–C) groups is 1. The third-order valence-electron chi connectivity index (χ3n) is 4.66. The highest BCUT2D eigenvalue weighted by atomic mass is 35.5. The molecule has 34 heavy (non-hydrogen) atoms. The molecule has 1 saturated heterocycles. The number of thioether (sulfide) groups is 1. The topological polar surface area (TPSA) is 59.9 Å². The average molecular weight is 554 g/mol. The van der Waals surface area contributed by atoms with Crippen molar-refractivity contribution in [2.45, 2.75) is 6.61 Å². The van der Waals surface area contributed by atoms with Gasteiger partial charge >= 0.3 is 0 Å². The zero-order chi connectivity index (χ0) is 24.2. The lowest BCUT2D eigenvalue weighted by Gasteiger charge is -2.14. The van der Waals surface area contributed by atoms with Gasteiger partial charge in [-0.1, -0.05) is 64.6 Å². The van der Waals surface area contributed by atoms with Crippen LogP contribution in [0, 0.1) is 0 Å². The summed E-state index contributed by atoms with van der Waals surface area (Å²) in [5.41, 5.74) is 1.98. The van der Waals surface area contributed by atoms with Crippen molar-refractivity contribution in [1.29, 1.82) is 0 Å². The summed E-state index contributed by atoms with van der Waals surface area (Å²) in [5, 5.41) is 5.02. The summed E-state index contributed by atoms with van der Waals surface area (Å²) in [4.78, 5) is 17.3. The van der Waals surface area contributed by atoms with Crippen LogP contribution < -0.4 is 14.8 Å². The van der Waals surface area contributed by atoms with Gasteiger partial charge in [-0.15, -0.1) is 0 Å². The van der Waals surface area contributed by atoms with E-state index in [0.29, 0.717) is 52.9 Å². The lowest BCUT2D eigenvalue weighted by atomic mass is 10.1.